The summed E-state index contributed by atoms with van der Waals surface area (Å²) in [5.41, 5.74) is 0.627. The molecule has 2 aliphatic rings. The number of carboxylic acids is 1. The minimum atomic E-state index is -1.12. The van der Waals surface area contributed by atoms with Gasteiger partial charge in [0.15, 0.2) is 0 Å². The Labute approximate surface area is 175 Å². The molecule has 30 heavy (non-hydrogen) atoms. The third-order valence-corrected chi connectivity index (χ3v) is 6.05. The second-order valence-corrected chi connectivity index (χ2v) is 7.96. The van der Waals surface area contributed by atoms with Crippen LogP contribution in [0, 0.1) is 11.8 Å². The average Bonchev–Trinajstić information content (AvgIpc) is 3.25. The summed E-state index contributed by atoms with van der Waals surface area (Å²) in [5.74, 6) is 0.358. The van der Waals surface area contributed by atoms with Gasteiger partial charge in [-0.3, -0.25) is 4.79 Å². The number of amides is 1. The Kier molecular flexibility index (Phi) is 6.27. The van der Waals surface area contributed by atoms with E-state index in [0.29, 0.717) is 31.6 Å². The number of hydrogen-bond donors (Lipinski definition) is 2. The number of piperidine rings is 1. The van der Waals surface area contributed by atoms with Crippen molar-refractivity contribution in [1.29, 1.82) is 0 Å². The number of aromatic nitrogens is 2. The smallest absolute Gasteiger partial charge is 0.374 e. The molecule has 2 aromatic heterocycles. The molecule has 0 saturated carbocycles. The molecule has 4 heterocycles. The van der Waals surface area contributed by atoms with E-state index in [9.17, 15) is 9.59 Å². The Morgan fingerprint density at radius 3 is 2.73 bits per heavy atom. The van der Waals surface area contributed by atoms with Gasteiger partial charge in [0.05, 0.1) is 5.69 Å². The lowest BCUT2D eigenvalue weighted by atomic mass is 9.81. The van der Waals surface area contributed by atoms with Crippen LogP contribution in [0.3, 0.4) is 0 Å². The molecule has 160 valence electrons. The topological polar surface area (TPSA) is 112 Å². The number of piperazine rings is 1. The van der Waals surface area contributed by atoms with E-state index in [1.54, 1.807) is 6.20 Å². The Balaban J connectivity index is 1.31. The summed E-state index contributed by atoms with van der Waals surface area (Å²) in [5, 5.41) is 16.3. The lowest BCUT2D eigenvalue weighted by molar-refractivity contribution is -0.133. The summed E-state index contributed by atoms with van der Waals surface area (Å²) in [6, 6.07) is 7.36. The Morgan fingerprint density at radius 2 is 2.03 bits per heavy atom. The van der Waals surface area contributed by atoms with E-state index in [4.69, 9.17) is 9.63 Å². The molecular formula is C21H27N5O4. The summed E-state index contributed by atoms with van der Waals surface area (Å²) < 4.78 is 4.87. The number of nitrogens with one attached hydrogen (secondary N) is 1. The molecule has 1 amide bonds. The number of hydrogen-bond acceptors (Lipinski definition) is 7. The molecule has 2 saturated heterocycles. The van der Waals surface area contributed by atoms with Crippen molar-refractivity contribution >= 4 is 17.7 Å². The zero-order valence-corrected chi connectivity index (χ0v) is 16.9. The number of pyridine rings is 1. The van der Waals surface area contributed by atoms with E-state index in [0.717, 1.165) is 38.4 Å². The molecule has 0 unspecified atom stereocenters. The highest BCUT2D eigenvalue weighted by molar-refractivity contribution is 5.84. The molecule has 4 rings (SSSR count). The molecule has 2 aromatic rings. The number of nitrogens with zero attached hydrogens (tertiary/aromatic N) is 4. The first-order chi connectivity index (χ1) is 14.6. The third-order valence-electron chi connectivity index (χ3n) is 6.05. The maximum Gasteiger partial charge on any atom is 0.374 e. The van der Waals surface area contributed by atoms with E-state index < -0.39 is 5.97 Å². The minimum Gasteiger partial charge on any atom is -0.475 e. The monoisotopic (exact) mass is 413 g/mol. The fourth-order valence-corrected chi connectivity index (χ4v) is 4.34. The largest absolute Gasteiger partial charge is 0.475 e. The fourth-order valence-electron chi connectivity index (χ4n) is 4.34. The second-order valence-electron chi connectivity index (χ2n) is 7.96. The van der Waals surface area contributed by atoms with Gasteiger partial charge in [-0.15, -0.1) is 0 Å². The SMILES string of the molecule is O=C(O)c1cc(C[C@H]2CNCC[C@H]2CC(=O)N2CCN(c3ccccn3)CC2)no1. The van der Waals surface area contributed by atoms with E-state index >= 15 is 0 Å². The van der Waals surface area contributed by atoms with Crippen LogP contribution in [0.2, 0.25) is 0 Å². The van der Waals surface area contributed by atoms with Crippen LogP contribution in [-0.4, -0.2) is 71.3 Å². The molecule has 0 aliphatic carbocycles. The van der Waals surface area contributed by atoms with Crippen LogP contribution < -0.4 is 10.2 Å². The fraction of sp³-hybridized carbons (Fsp3) is 0.524. The molecule has 9 nitrogen and oxygen atoms in total. The zero-order valence-electron chi connectivity index (χ0n) is 16.9. The van der Waals surface area contributed by atoms with Gasteiger partial charge in [0.1, 0.15) is 5.82 Å². The van der Waals surface area contributed by atoms with Crippen LogP contribution in [0.25, 0.3) is 0 Å². The first-order valence-electron chi connectivity index (χ1n) is 10.4. The maximum atomic E-state index is 13.0. The maximum absolute atomic E-state index is 13.0. The van der Waals surface area contributed by atoms with Crippen LogP contribution in [0.4, 0.5) is 5.82 Å². The molecule has 0 bridgehead atoms. The van der Waals surface area contributed by atoms with Crippen LogP contribution in [0.15, 0.2) is 35.0 Å². The molecule has 0 radical (unpaired) electrons. The van der Waals surface area contributed by atoms with Gasteiger partial charge >= 0.3 is 5.97 Å². The van der Waals surface area contributed by atoms with Gasteiger partial charge in [-0.2, -0.15) is 0 Å². The van der Waals surface area contributed by atoms with E-state index in [1.807, 2.05) is 23.1 Å². The molecule has 2 fully saturated rings. The van der Waals surface area contributed by atoms with Gasteiger partial charge in [-0.25, -0.2) is 9.78 Å². The predicted molar refractivity (Wildman–Crippen MR) is 109 cm³/mol. The Hall–Kier alpha value is -2.94. The first kappa shape index (κ1) is 20.3. The first-order valence-corrected chi connectivity index (χ1v) is 10.4. The highest BCUT2D eigenvalue weighted by Gasteiger charge is 2.31. The normalized spacial score (nSPS) is 22.1. The highest BCUT2D eigenvalue weighted by atomic mass is 16.5. The van der Waals surface area contributed by atoms with Crippen molar-refractivity contribution in [2.75, 3.05) is 44.2 Å². The molecule has 2 atom stereocenters. The molecule has 2 N–H and O–H groups in total. The quantitative estimate of drug-likeness (QED) is 0.728. The van der Waals surface area contributed by atoms with Gasteiger partial charge in [-0.1, -0.05) is 11.2 Å². The lowest BCUT2D eigenvalue weighted by Crippen LogP contribution is -2.50. The van der Waals surface area contributed by atoms with Crippen LogP contribution in [0.5, 0.6) is 0 Å². The van der Waals surface area contributed by atoms with Gasteiger partial charge in [0.25, 0.3) is 0 Å². The van der Waals surface area contributed by atoms with Gasteiger partial charge in [-0.05, 0) is 49.9 Å². The van der Waals surface area contributed by atoms with Gasteiger partial charge < -0.3 is 24.7 Å². The summed E-state index contributed by atoms with van der Waals surface area (Å²) >= 11 is 0. The van der Waals surface area contributed by atoms with Crippen molar-refractivity contribution in [3.05, 3.63) is 41.9 Å². The predicted octanol–water partition coefficient (Wildman–Crippen LogP) is 1.27. The standard InChI is InChI=1S/C21H27N5O4/c27-20(26-9-7-25(8-10-26)19-3-1-2-5-23-19)12-15-4-6-22-14-16(15)11-17-13-18(21(28)29)30-24-17/h1-3,5,13,15-16,22H,4,6-12,14H2,(H,28,29)/t15-,16-/m0/s1. The molecule has 0 aromatic carbocycles. The number of carbonyl (C=O) groups excluding carboxylic acids is 1. The number of carboxylic acid groups (broad SMARTS) is 1. The summed E-state index contributed by atoms with van der Waals surface area (Å²) in [6.07, 6.45) is 3.83. The van der Waals surface area contributed by atoms with Crippen molar-refractivity contribution < 1.29 is 19.2 Å². The molecule has 2 aliphatic heterocycles. The summed E-state index contributed by atoms with van der Waals surface area (Å²) in [4.78, 5) is 32.5. The van der Waals surface area contributed by atoms with Crippen molar-refractivity contribution in [2.24, 2.45) is 11.8 Å². The lowest BCUT2D eigenvalue weighted by Gasteiger charge is -2.37. The van der Waals surface area contributed by atoms with Crippen LogP contribution in [0.1, 0.15) is 29.1 Å². The van der Waals surface area contributed by atoms with Crippen LogP contribution in [-0.2, 0) is 11.2 Å². The van der Waals surface area contributed by atoms with Crippen LogP contribution >= 0.6 is 0 Å². The molecule has 0 spiro atoms. The van der Waals surface area contributed by atoms with Crippen molar-refractivity contribution in [2.45, 2.75) is 19.3 Å². The van der Waals surface area contributed by atoms with Crippen molar-refractivity contribution in [3.8, 4) is 0 Å². The zero-order chi connectivity index (χ0) is 20.9. The van der Waals surface area contributed by atoms with Gasteiger partial charge in [0, 0.05) is 44.9 Å². The van der Waals surface area contributed by atoms with Gasteiger partial charge in [0.2, 0.25) is 11.7 Å². The third kappa shape index (κ3) is 4.79. The second kappa shape index (κ2) is 9.25. The van der Waals surface area contributed by atoms with E-state index in [1.165, 1.54) is 6.07 Å². The number of aromatic carboxylic acids is 1. The number of rotatable bonds is 6. The van der Waals surface area contributed by atoms with E-state index in [2.05, 4.69) is 20.4 Å². The van der Waals surface area contributed by atoms with E-state index in [-0.39, 0.29) is 23.5 Å². The Bertz CT molecular complexity index is 863. The summed E-state index contributed by atoms with van der Waals surface area (Å²) in [7, 11) is 0. The minimum absolute atomic E-state index is 0.146. The van der Waals surface area contributed by atoms with Crippen molar-refractivity contribution in [1.82, 2.24) is 20.4 Å². The molecule has 9 heteroatoms. The summed E-state index contributed by atoms with van der Waals surface area (Å²) in [6.45, 7) is 4.67. The Morgan fingerprint density at radius 1 is 1.20 bits per heavy atom. The highest BCUT2D eigenvalue weighted by Crippen LogP contribution is 2.27. The molecular weight excluding hydrogens is 386 g/mol. The number of carbonyl (C=O) groups is 2. The van der Waals surface area contributed by atoms with Crippen molar-refractivity contribution in [3.63, 3.8) is 0 Å². The number of anilines is 1. The average molecular weight is 413 g/mol.